The van der Waals surface area contributed by atoms with Crippen molar-refractivity contribution in [3.05, 3.63) is 0 Å². The molecule has 2 N–H and O–H groups in total. The highest BCUT2D eigenvalue weighted by Gasteiger charge is 2.42. The lowest BCUT2D eigenvalue weighted by atomic mass is 10.1. The van der Waals surface area contributed by atoms with Gasteiger partial charge in [0.15, 0.2) is 11.9 Å². The van der Waals surface area contributed by atoms with Crippen LogP contribution >= 0.6 is 0 Å². The molecule has 18 heavy (non-hydrogen) atoms. The van der Waals surface area contributed by atoms with Crippen LogP contribution < -0.4 is 5.90 Å². The smallest absolute Gasteiger partial charge is 0.303 e. The molecule has 0 saturated carbocycles. The zero-order chi connectivity index (χ0) is 13.8. The Balaban J connectivity index is 2.69. The molecule has 0 amide bonds. The molecule has 0 aromatic heterocycles. The van der Waals surface area contributed by atoms with E-state index >= 15 is 0 Å². The summed E-state index contributed by atoms with van der Waals surface area (Å²) < 4.78 is 21.6. The van der Waals surface area contributed by atoms with Crippen molar-refractivity contribution < 1.29 is 28.6 Å². The van der Waals surface area contributed by atoms with E-state index in [9.17, 15) is 4.79 Å². The molecule has 0 bridgehead atoms. The van der Waals surface area contributed by atoms with E-state index in [-0.39, 0.29) is 12.7 Å². The summed E-state index contributed by atoms with van der Waals surface area (Å²) in [5.41, 5.74) is 0. The van der Waals surface area contributed by atoms with Crippen LogP contribution in [-0.4, -0.2) is 50.4 Å². The third-order valence-corrected chi connectivity index (χ3v) is 2.61. The molecule has 1 heterocycles. The Bertz CT molecular complexity index is 283. The van der Waals surface area contributed by atoms with Gasteiger partial charge in [-0.05, 0) is 13.8 Å². The molecule has 3 unspecified atom stereocenters. The molecule has 7 nitrogen and oxygen atoms in total. The van der Waals surface area contributed by atoms with Crippen LogP contribution in [0.15, 0.2) is 0 Å². The molecule has 106 valence electrons. The Morgan fingerprint density at radius 1 is 1.56 bits per heavy atom. The fourth-order valence-electron chi connectivity index (χ4n) is 1.92. The number of nitrogens with two attached hydrogens (primary N) is 1. The maximum absolute atomic E-state index is 11.0. The van der Waals surface area contributed by atoms with Crippen LogP contribution in [0.1, 0.15) is 20.8 Å². The molecule has 0 aromatic carbocycles. The van der Waals surface area contributed by atoms with Crippen molar-refractivity contribution in [2.24, 2.45) is 5.90 Å². The number of methoxy groups -OCH3 is 1. The largest absolute Gasteiger partial charge is 0.457 e. The van der Waals surface area contributed by atoms with Gasteiger partial charge in [-0.2, -0.15) is 0 Å². The van der Waals surface area contributed by atoms with Gasteiger partial charge in [0.1, 0.15) is 18.8 Å². The van der Waals surface area contributed by atoms with Gasteiger partial charge in [0.2, 0.25) is 0 Å². The fraction of sp³-hybridized carbons (Fsp3) is 0.909. The van der Waals surface area contributed by atoms with Gasteiger partial charge in [-0.3, -0.25) is 4.79 Å². The molecular weight excluding hydrogens is 242 g/mol. The molecule has 0 aliphatic carbocycles. The normalized spacial score (nSPS) is 25.7. The van der Waals surface area contributed by atoms with Gasteiger partial charge < -0.3 is 23.8 Å². The molecule has 1 saturated heterocycles. The van der Waals surface area contributed by atoms with E-state index in [1.807, 2.05) is 0 Å². The van der Waals surface area contributed by atoms with Gasteiger partial charge in [0.05, 0.1) is 6.61 Å². The zero-order valence-corrected chi connectivity index (χ0v) is 11.2. The SMILES string of the molecule is COC(C(CON)OC(C)=O)C1COC(C)(C)O1. The molecule has 1 fully saturated rings. The molecule has 1 aliphatic heterocycles. The Hall–Kier alpha value is -0.730. The molecule has 1 rings (SSSR count). The Labute approximate surface area is 106 Å². The van der Waals surface area contributed by atoms with Crippen molar-refractivity contribution >= 4 is 5.97 Å². The van der Waals surface area contributed by atoms with Crippen LogP contribution in [0.2, 0.25) is 0 Å². The van der Waals surface area contributed by atoms with Gasteiger partial charge in [0, 0.05) is 14.0 Å². The number of carbonyl (C=O) groups excluding carboxylic acids is 1. The van der Waals surface area contributed by atoms with Crippen LogP contribution in [-0.2, 0) is 28.6 Å². The first-order valence-corrected chi connectivity index (χ1v) is 5.73. The monoisotopic (exact) mass is 263 g/mol. The highest BCUT2D eigenvalue weighted by atomic mass is 16.8. The predicted octanol–water partition coefficient (Wildman–Crippen LogP) is -0.0251. The second-order valence-corrected chi connectivity index (χ2v) is 4.55. The first-order chi connectivity index (χ1) is 8.39. The van der Waals surface area contributed by atoms with E-state index in [1.165, 1.54) is 14.0 Å². The average molecular weight is 263 g/mol. The lowest BCUT2D eigenvalue weighted by Gasteiger charge is -2.29. The summed E-state index contributed by atoms with van der Waals surface area (Å²) in [6.45, 7) is 5.30. The van der Waals surface area contributed by atoms with Crippen LogP contribution in [0.4, 0.5) is 0 Å². The lowest BCUT2D eigenvalue weighted by molar-refractivity contribution is -0.183. The van der Waals surface area contributed by atoms with E-state index in [0.717, 1.165) is 0 Å². The van der Waals surface area contributed by atoms with Crippen molar-refractivity contribution in [3.8, 4) is 0 Å². The minimum Gasteiger partial charge on any atom is -0.457 e. The number of hydrogen-bond donors (Lipinski definition) is 1. The molecule has 0 aromatic rings. The summed E-state index contributed by atoms with van der Waals surface area (Å²) in [7, 11) is 1.51. The summed E-state index contributed by atoms with van der Waals surface area (Å²) in [6, 6.07) is 0. The Morgan fingerprint density at radius 3 is 2.61 bits per heavy atom. The average Bonchev–Trinajstić information content (AvgIpc) is 2.59. The van der Waals surface area contributed by atoms with Gasteiger partial charge in [0.25, 0.3) is 0 Å². The zero-order valence-electron chi connectivity index (χ0n) is 11.2. The second kappa shape index (κ2) is 6.44. The highest BCUT2D eigenvalue weighted by molar-refractivity contribution is 5.66. The van der Waals surface area contributed by atoms with Crippen molar-refractivity contribution in [2.75, 3.05) is 20.3 Å². The van der Waals surface area contributed by atoms with Crippen molar-refractivity contribution in [1.82, 2.24) is 0 Å². The van der Waals surface area contributed by atoms with Gasteiger partial charge in [-0.15, -0.1) is 0 Å². The Morgan fingerprint density at radius 2 is 2.22 bits per heavy atom. The molecule has 7 heteroatoms. The maximum Gasteiger partial charge on any atom is 0.303 e. The van der Waals surface area contributed by atoms with E-state index in [2.05, 4.69) is 4.84 Å². The van der Waals surface area contributed by atoms with Crippen molar-refractivity contribution in [2.45, 2.75) is 44.9 Å². The number of ether oxygens (including phenoxy) is 4. The summed E-state index contributed by atoms with van der Waals surface area (Å²) in [5.74, 6) is 3.92. The molecule has 0 spiro atoms. The first-order valence-electron chi connectivity index (χ1n) is 5.73. The summed E-state index contributed by atoms with van der Waals surface area (Å²) in [5, 5.41) is 0. The summed E-state index contributed by atoms with van der Waals surface area (Å²) >= 11 is 0. The first kappa shape index (κ1) is 15.3. The summed E-state index contributed by atoms with van der Waals surface area (Å²) in [4.78, 5) is 15.6. The van der Waals surface area contributed by atoms with Crippen molar-refractivity contribution in [1.29, 1.82) is 0 Å². The van der Waals surface area contributed by atoms with E-state index < -0.39 is 24.0 Å². The molecule has 0 radical (unpaired) electrons. The second-order valence-electron chi connectivity index (χ2n) is 4.55. The number of hydrogen-bond acceptors (Lipinski definition) is 7. The van der Waals surface area contributed by atoms with Crippen LogP contribution in [0, 0.1) is 0 Å². The van der Waals surface area contributed by atoms with Crippen molar-refractivity contribution in [3.63, 3.8) is 0 Å². The lowest BCUT2D eigenvalue weighted by Crippen LogP contribution is -2.46. The minimum atomic E-state index is -0.675. The highest BCUT2D eigenvalue weighted by Crippen LogP contribution is 2.27. The predicted molar refractivity (Wildman–Crippen MR) is 61.4 cm³/mol. The topological polar surface area (TPSA) is 89.2 Å². The summed E-state index contributed by atoms with van der Waals surface area (Å²) in [6.07, 6.45) is -1.48. The number of esters is 1. The maximum atomic E-state index is 11.0. The fourth-order valence-corrected chi connectivity index (χ4v) is 1.92. The van der Waals surface area contributed by atoms with E-state index in [0.29, 0.717) is 6.61 Å². The van der Waals surface area contributed by atoms with Gasteiger partial charge in [-0.25, -0.2) is 5.90 Å². The molecule has 3 atom stereocenters. The van der Waals surface area contributed by atoms with Gasteiger partial charge in [-0.1, -0.05) is 0 Å². The number of rotatable bonds is 6. The quantitative estimate of drug-likeness (QED) is 0.532. The number of carbonyl (C=O) groups is 1. The molecular formula is C11H21NO6. The van der Waals surface area contributed by atoms with E-state index in [1.54, 1.807) is 13.8 Å². The third-order valence-electron chi connectivity index (χ3n) is 2.61. The van der Waals surface area contributed by atoms with Gasteiger partial charge >= 0.3 is 5.97 Å². The van der Waals surface area contributed by atoms with Crippen LogP contribution in [0.3, 0.4) is 0 Å². The molecule has 1 aliphatic rings. The van der Waals surface area contributed by atoms with E-state index in [4.69, 9.17) is 24.8 Å². The minimum absolute atomic E-state index is 0.0262. The standard InChI is InChI=1S/C11H21NO6/c1-7(13)17-8(6-16-12)10(14-4)9-5-15-11(2,3)18-9/h8-10H,5-6,12H2,1-4H3. The third kappa shape index (κ3) is 4.18. The van der Waals surface area contributed by atoms with Crippen LogP contribution in [0.5, 0.6) is 0 Å². The Kier molecular flexibility index (Phi) is 5.48. The van der Waals surface area contributed by atoms with Crippen LogP contribution in [0.25, 0.3) is 0 Å².